The molecule has 0 saturated heterocycles. The van der Waals surface area contributed by atoms with Crippen LogP contribution in [0, 0.1) is 5.92 Å². The van der Waals surface area contributed by atoms with Gasteiger partial charge in [-0.3, -0.25) is 0 Å². The first-order chi connectivity index (χ1) is 13.8. The molecule has 2 N–H and O–H groups in total. The molecule has 1 aromatic rings. The second kappa shape index (κ2) is 9.02. The van der Waals surface area contributed by atoms with Gasteiger partial charge in [0.15, 0.2) is 0 Å². The number of carbonyl (C=O) groups excluding carboxylic acids is 2. The number of urea groups is 2. The number of benzene rings is 1. The van der Waals surface area contributed by atoms with Crippen molar-refractivity contribution in [2.45, 2.75) is 43.4 Å². The van der Waals surface area contributed by atoms with Gasteiger partial charge in [-0.2, -0.15) is 0 Å². The predicted molar refractivity (Wildman–Crippen MR) is 110 cm³/mol. The van der Waals surface area contributed by atoms with Gasteiger partial charge >= 0.3 is 12.1 Å². The van der Waals surface area contributed by atoms with E-state index in [1.807, 2.05) is 0 Å². The summed E-state index contributed by atoms with van der Waals surface area (Å²) in [4.78, 5) is 27.6. The Bertz CT molecular complexity index is 863. The zero-order valence-corrected chi connectivity index (χ0v) is 17.9. The maximum atomic E-state index is 12.6. The molecule has 1 aliphatic heterocycles. The summed E-state index contributed by atoms with van der Waals surface area (Å²) in [6.07, 6.45) is 5.73. The van der Waals surface area contributed by atoms with Crippen molar-refractivity contribution in [3.63, 3.8) is 0 Å². The van der Waals surface area contributed by atoms with Crippen molar-refractivity contribution in [2.24, 2.45) is 5.92 Å². The minimum absolute atomic E-state index is 0.0498. The molecule has 0 atom stereocenters. The van der Waals surface area contributed by atoms with Crippen LogP contribution in [0.3, 0.4) is 0 Å². The predicted octanol–water partition coefficient (Wildman–Crippen LogP) is 1.95. The number of fused-ring (bicyclic) bond motifs is 1. The van der Waals surface area contributed by atoms with Crippen LogP contribution in [-0.4, -0.2) is 64.0 Å². The molecule has 0 aromatic heterocycles. The van der Waals surface area contributed by atoms with Crippen molar-refractivity contribution >= 4 is 22.1 Å². The summed E-state index contributed by atoms with van der Waals surface area (Å²) in [5, 5.41) is 2.67. The first kappa shape index (κ1) is 21.4. The molecule has 2 aliphatic rings. The van der Waals surface area contributed by atoms with Crippen molar-refractivity contribution in [1.82, 2.24) is 19.8 Å². The van der Waals surface area contributed by atoms with Gasteiger partial charge in [0.05, 0.1) is 4.90 Å². The van der Waals surface area contributed by atoms with E-state index in [9.17, 15) is 18.0 Å². The molecule has 0 spiro atoms. The van der Waals surface area contributed by atoms with Crippen LogP contribution in [0.15, 0.2) is 23.1 Å². The Morgan fingerprint density at radius 2 is 1.76 bits per heavy atom. The number of carbonyl (C=O) groups is 2. The molecule has 0 radical (unpaired) electrons. The summed E-state index contributed by atoms with van der Waals surface area (Å²) in [6.45, 7) is 1.63. The van der Waals surface area contributed by atoms with Crippen molar-refractivity contribution in [3.8, 4) is 0 Å². The van der Waals surface area contributed by atoms with E-state index in [0.29, 0.717) is 38.4 Å². The molecular weight excluding hydrogens is 392 g/mol. The fourth-order valence-corrected chi connectivity index (χ4v) is 4.99. The van der Waals surface area contributed by atoms with E-state index in [1.54, 1.807) is 36.0 Å². The summed E-state index contributed by atoms with van der Waals surface area (Å²) >= 11 is 0. The van der Waals surface area contributed by atoms with Crippen LogP contribution in [0.1, 0.15) is 36.8 Å². The second-order valence-corrected chi connectivity index (χ2v) is 9.74. The molecule has 1 saturated carbocycles. The van der Waals surface area contributed by atoms with Crippen LogP contribution >= 0.6 is 0 Å². The van der Waals surface area contributed by atoms with Crippen molar-refractivity contribution in [3.05, 3.63) is 29.3 Å². The van der Waals surface area contributed by atoms with Gasteiger partial charge in [-0.15, -0.1) is 0 Å². The maximum absolute atomic E-state index is 12.6. The van der Waals surface area contributed by atoms with Crippen LogP contribution in [-0.2, 0) is 22.9 Å². The quantitative estimate of drug-likeness (QED) is 0.775. The molecule has 1 aliphatic carbocycles. The molecule has 3 rings (SSSR count). The Hall–Kier alpha value is -2.29. The average Bonchev–Trinajstić information content (AvgIpc) is 3.10. The summed E-state index contributed by atoms with van der Waals surface area (Å²) in [7, 11) is -0.511. The van der Waals surface area contributed by atoms with Gasteiger partial charge in [-0.25, -0.2) is 22.7 Å². The van der Waals surface area contributed by atoms with Gasteiger partial charge in [0.2, 0.25) is 0 Å². The number of hydrogen-bond donors (Lipinski definition) is 2. The van der Waals surface area contributed by atoms with Gasteiger partial charge in [0.1, 0.15) is 0 Å². The SMILES string of the molecule is CN(C)C(=O)N1CCc2ccc(S(=O)(=O)NC(=O)NCC3CCCC3)cc2CC1. The van der Waals surface area contributed by atoms with Gasteiger partial charge in [-0.05, 0) is 54.9 Å². The lowest BCUT2D eigenvalue weighted by Crippen LogP contribution is -2.41. The zero-order valence-electron chi connectivity index (χ0n) is 17.1. The zero-order chi connectivity index (χ0) is 21.0. The Morgan fingerprint density at radius 3 is 2.41 bits per heavy atom. The lowest BCUT2D eigenvalue weighted by atomic mass is 10.0. The molecule has 4 amide bonds. The van der Waals surface area contributed by atoms with Crippen LogP contribution in [0.5, 0.6) is 0 Å². The molecule has 1 heterocycles. The number of nitrogens with one attached hydrogen (secondary N) is 2. The third-order valence-electron chi connectivity index (χ3n) is 5.70. The van der Waals surface area contributed by atoms with E-state index >= 15 is 0 Å². The van der Waals surface area contributed by atoms with E-state index in [4.69, 9.17) is 0 Å². The highest BCUT2D eigenvalue weighted by atomic mass is 32.2. The minimum atomic E-state index is -3.94. The first-order valence-corrected chi connectivity index (χ1v) is 11.6. The minimum Gasteiger partial charge on any atom is -0.337 e. The highest BCUT2D eigenvalue weighted by Gasteiger charge is 2.23. The largest absolute Gasteiger partial charge is 0.337 e. The smallest absolute Gasteiger partial charge is 0.328 e. The normalized spacial score (nSPS) is 17.4. The number of nitrogens with zero attached hydrogens (tertiary/aromatic N) is 2. The number of amides is 4. The molecule has 1 fully saturated rings. The summed E-state index contributed by atoms with van der Waals surface area (Å²) in [6, 6.07) is 4.19. The third-order valence-corrected chi connectivity index (χ3v) is 7.03. The molecule has 160 valence electrons. The second-order valence-electron chi connectivity index (χ2n) is 8.06. The number of sulfonamides is 1. The van der Waals surface area contributed by atoms with E-state index in [1.165, 1.54) is 18.9 Å². The standard InChI is InChI=1S/C20H30N4O4S/c1-23(2)20(26)24-11-9-16-7-8-18(13-17(16)10-12-24)29(27,28)22-19(25)21-14-15-5-3-4-6-15/h7-8,13,15H,3-6,9-12,14H2,1-2H3,(H2,21,22,25). The van der Waals surface area contributed by atoms with E-state index in [-0.39, 0.29) is 10.9 Å². The van der Waals surface area contributed by atoms with Gasteiger partial charge < -0.3 is 15.1 Å². The van der Waals surface area contributed by atoms with Gasteiger partial charge in [0.25, 0.3) is 10.0 Å². The Morgan fingerprint density at radius 1 is 1.10 bits per heavy atom. The fraction of sp³-hybridized carbons (Fsp3) is 0.600. The van der Waals surface area contributed by atoms with Crippen molar-refractivity contribution < 1.29 is 18.0 Å². The molecule has 8 nitrogen and oxygen atoms in total. The lowest BCUT2D eigenvalue weighted by molar-refractivity contribution is 0.173. The fourth-order valence-electron chi connectivity index (χ4n) is 4.01. The average molecular weight is 423 g/mol. The van der Waals surface area contributed by atoms with E-state index in [0.717, 1.165) is 24.0 Å². The van der Waals surface area contributed by atoms with Gasteiger partial charge in [-0.1, -0.05) is 18.9 Å². The van der Waals surface area contributed by atoms with Crippen LogP contribution in [0.4, 0.5) is 9.59 Å². The van der Waals surface area contributed by atoms with Crippen molar-refractivity contribution in [2.75, 3.05) is 33.7 Å². The van der Waals surface area contributed by atoms with Crippen LogP contribution < -0.4 is 10.0 Å². The molecular formula is C20H30N4O4S. The monoisotopic (exact) mass is 422 g/mol. The summed E-state index contributed by atoms with van der Waals surface area (Å²) in [5.41, 5.74) is 1.93. The van der Waals surface area contributed by atoms with Crippen molar-refractivity contribution in [1.29, 1.82) is 0 Å². The van der Waals surface area contributed by atoms with E-state index < -0.39 is 16.1 Å². The Labute approximate surface area is 172 Å². The Kier molecular flexibility index (Phi) is 6.66. The highest BCUT2D eigenvalue weighted by Crippen LogP contribution is 2.24. The molecule has 0 unspecified atom stereocenters. The lowest BCUT2D eigenvalue weighted by Gasteiger charge is -2.24. The highest BCUT2D eigenvalue weighted by molar-refractivity contribution is 7.90. The number of rotatable bonds is 4. The molecule has 0 bridgehead atoms. The Balaban J connectivity index is 1.64. The topological polar surface area (TPSA) is 98.8 Å². The van der Waals surface area contributed by atoms with Crippen LogP contribution in [0.2, 0.25) is 0 Å². The summed E-state index contributed by atoms with van der Waals surface area (Å²) in [5.74, 6) is 0.434. The maximum Gasteiger partial charge on any atom is 0.328 e. The van der Waals surface area contributed by atoms with Gasteiger partial charge in [0, 0.05) is 33.7 Å². The first-order valence-electron chi connectivity index (χ1n) is 10.1. The number of hydrogen-bond acceptors (Lipinski definition) is 4. The third kappa shape index (κ3) is 5.41. The van der Waals surface area contributed by atoms with Crippen LogP contribution in [0.25, 0.3) is 0 Å². The summed E-state index contributed by atoms with van der Waals surface area (Å²) < 4.78 is 27.4. The van der Waals surface area contributed by atoms with E-state index in [2.05, 4.69) is 10.0 Å². The molecule has 29 heavy (non-hydrogen) atoms. The molecule has 9 heteroatoms. The molecule has 1 aromatic carbocycles.